The zero-order valence-corrected chi connectivity index (χ0v) is 22.1. The first-order valence-electron chi connectivity index (χ1n) is 11.8. The lowest BCUT2D eigenvalue weighted by Gasteiger charge is -2.19. The molecule has 0 bridgehead atoms. The molecule has 0 amide bonds. The van der Waals surface area contributed by atoms with Crippen LogP contribution in [0, 0.1) is 0 Å². The lowest BCUT2D eigenvalue weighted by Crippen LogP contribution is -2.33. The number of hydrogen-bond acceptors (Lipinski definition) is 7. The van der Waals surface area contributed by atoms with Crippen LogP contribution < -0.4 is 4.74 Å². The van der Waals surface area contributed by atoms with E-state index in [0.717, 1.165) is 27.8 Å². The Balaban J connectivity index is 1.76. The van der Waals surface area contributed by atoms with E-state index in [4.69, 9.17) is 16.3 Å². The fraction of sp³-hybridized carbons (Fsp3) is 0.333. The van der Waals surface area contributed by atoms with Gasteiger partial charge in [0.25, 0.3) is 0 Å². The Morgan fingerprint density at radius 2 is 1.76 bits per heavy atom. The van der Waals surface area contributed by atoms with Gasteiger partial charge in [0.15, 0.2) is 5.82 Å². The van der Waals surface area contributed by atoms with Gasteiger partial charge in [0, 0.05) is 30.1 Å². The molecule has 2 aromatic carbocycles. The third kappa shape index (κ3) is 7.52. The molecule has 7 nitrogen and oxygen atoms in total. The maximum atomic E-state index is 12.3. The largest absolute Gasteiger partial charge is 0.491 e. The predicted molar refractivity (Wildman–Crippen MR) is 137 cm³/mol. The van der Waals surface area contributed by atoms with Gasteiger partial charge in [-0.3, -0.25) is 9.69 Å². The van der Waals surface area contributed by atoms with Gasteiger partial charge in [-0.25, -0.2) is 14.8 Å². The summed E-state index contributed by atoms with van der Waals surface area (Å²) < 4.78 is 46.5. The zero-order valence-electron chi connectivity index (χ0n) is 21.3. The molecular formula is C27H27ClF3N3O4. The number of ether oxygens (including phenoxy) is 2. The minimum atomic E-state index is -5.23. The van der Waals surface area contributed by atoms with Crippen molar-refractivity contribution < 1.29 is 32.2 Å². The highest BCUT2D eigenvalue weighted by molar-refractivity contribution is 6.32. The Morgan fingerprint density at radius 3 is 2.34 bits per heavy atom. The number of carbonyl (C=O) groups excluding carboxylic acids is 2. The van der Waals surface area contributed by atoms with Crippen LogP contribution >= 0.6 is 11.6 Å². The van der Waals surface area contributed by atoms with Crippen LogP contribution in [0.25, 0.3) is 22.5 Å². The Morgan fingerprint density at radius 1 is 1.08 bits per heavy atom. The molecule has 0 aliphatic carbocycles. The second kappa shape index (κ2) is 12.4. The highest BCUT2D eigenvalue weighted by atomic mass is 35.5. The molecule has 0 fully saturated rings. The van der Waals surface area contributed by atoms with E-state index in [-0.39, 0.29) is 12.6 Å². The van der Waals surface area contributed by atoms with Crippen LogP contribution in [0.4, 0.5) is 13.2 Å². The SMILES string of the molecule is CCc1c(CN(C)CC(=O)OC(=O)C(F)(F)F)cccc1-c1cnc(-c2ccc(OC(C)C)c(Cl)c2)nc1. The van der Waals surface area contributed by atoms with Crippen molar-refractivity contribution in [2.45, 2.75) is 46.0 Å². The molecule has 1 aromatic heterocycles. The normalized spacial score (nSPS) is 11.6. The Kier molecular flexibility index (Phi) is 9.45. The number of aromatic nitrogens is 2. The molecule has 3 aromatic rings. The number of alkyl halides is 3. The summed E-state index contributed by atoms with van der Waals surface area (Å²) in [5, 5.41) is 0.459. The molecule has 3 rings (SSSR count). The van der Waals surface area contributed by atoms with Crippen molar-refractivity contribution >= 4 is 23.5 Å². The predicted octanol–water partition coefficient (Wildman–Crippen LogP) is 5.88. The molecule has 11 heteroatoms. The highest BCUT2D eigenvalue weighted by Crippen LogP contribution is 2.31. The van der Waals surface area contributed by atoms with E-state index in [1.165, 1.54) is 4.90 Å². The van der Waals surface area contributed by atoms with Gasteiger partial charge < -0.3 is 9.47 Å². The summed E-state index contributed by atoms with van der Waals surface area (Å²) in [4.78, 5) is 33.1. The van der Waals surface area contributed by atoms with Gasteiger partial charge in [-0.05, 0) is 62.2 Å². The molecule has 0 aliphatic rings. The molecule has 0 unspecified atom stereocenters. The van der Waals surface area contributed by atoms with E-state index in [2.05, 4.69) is 14.7 Å². The number of halogens is 4. The number of carbonyl (C=O) groups is 2. The number of nitrogens with zero attached hydrogens (tertiary/aromatic N) is 3. The second-order valence-corrected chi connectivity index (χ2v) is 9.24. The van der Waals surface area contributed by atoms with E-state index < -0.39 is 24.7 Å². The van der Waals surface area contributed by atoms with Crippen LogP contribution in [0.3, 0.4) is 0 Å². The summed E-state index contributed by atoms with van der Waals surface area (Å²) in [5.74, 6) is -2.74. The molecule has 202 valence electrons. The van der Waals surface area contributed by atoms with Crippen LogP contribution in [0.5, 0.6) is 5.75 Å². The van der Waals surface area contributed by atoms with Crippen LogP contribution in [-0.4, -0.2) is 52.7 Å². The zero-order chi connectivity index (χ0) is 28.0. The van der Waals surface area contributed by atoms with Crippen molar-refractivity contribution in [2.75, 3.05) is 13.6 Å². The summed E-state index contributed by atoms with van der Waals surface area (Å²) in [6.45, 7) is 5.55. The third-order valence-corrected chi connectivity index (χ3v) is 5.71. The van der Waals surface area contributed by atoms with Gasteiger partial charge >= 0.3 is 18.1 Å². The van der Waals surface area contributed by atoms with Gasteiger partial charge in [-0.1, -0.05) is 36.7 Å². The topological polar surface area (TPSA) is 81.6 Å². The average Bonchev–Trinajstić information content (AvgIpc) is 2.84. The molecule has 0 saturated carbocycles. The molecule has 1 heterocycles. The van der Waals surface area contributed by atoms with Gasteiger partial charge in [0.1, 0.15) is 5.75 Å². The Hall–Kier alpha value is -3.50. The number of likely N-dealkylation sites (N-methyl/N-ethyl adjacent to an activating group) is 1. The Bertz CT molecular complexity index is 1300. The van der Waals surface area contributed by atoms with Crippen LogP contribution in [0.2, 0.25) is 5.02 Å². The summed E-state index contributed by atoms with van der Waals surface area (Å²) in [6, 6.07) is 11.0. The van der Waals surface area contributed by atoms with E-state index in [0.29, 0.717) is 23.0 Å². The lowest BCUT2D eigenvalue weighted by molar-refractivity contribution is -0.202. The number of hydrogen-bond donors (Lipinski definition) is 0. The van der Waals surface area contributed by atoms with Gasteiger partial charge in [-0.15, -0.1) is 0 Å². The molecule has 0 atom stereocenters. The van der Waals surface area contributed by atoms with Crippen molar-refractivity contribution in [1.82, 2.24) is 14.9 Å². The fourth-order valence-electron chi connectivity index (χ4n) is 3.84. The molecule has 38 heavy (non-hydrogen) atoms. The minimum absolute atomic E-state index is 0.00963. The number of esters is 2. The molecule has 0 aliphatic heterocycles. The van der Waals surface area contributed by atoms with Crippen LogP contribution in [0.15, 0.2) is 48.8 Å². The monoisotopic (exact) mass is 549 g/mol. The summed E-state index contributed by atoms with van der Waals surface area (Å²) >= 11 is 6.35. The van der Waals surface area contributed by atoms with Gasteiger partial charge in [0.2, 0.25) is 0 Å². The standard InChI is InChI=1S/C27H27ClF3N3O4/c1-5-20-18(14-34(4)15-24(35)38-26(36)27(29,30)31)7-6-8-21(20)19-12-32-25(33-13-19)17-9-10-23(22(28)11-17)37-16(2)3/h6-13,16H,5,14-15H2,1-4H3. The van der Waals surface area contributed by atoms with E-state index in [1.807, 2.05) is 45.0 Å². The van der Waals surface area contributed by atoms with Gasteiger partial charge in [0.05, 0.1) is 17.7 Å². The summed E-state index contributed by atoms with van der Waals surface area (Å²) in [5.41, 5.74) is 4.22. The number of rotatable bonds is 9. The van der Waals surface area contributed by atoms with Gasteiger partial charge in [-0.2, -0.15) is 13.2 Å². The lowest BCUT2D eigenvalue weighted by atomic mass is 9.95. The first-order chi connectivity index (χ1) is 17.9. The van der Waals surface area contributed by atoms with Crippen molar-refractivity contribution in [3.8, 4) is 28.3 Å². The molecular weight excluding hydrogens is 523 g/mol. The summed E-state index contributed by atoms with van der Waals surface area (Å²) in [6.07, 6.45) is -1.18. The Labute approximate surface area is 223 Å². The maximum Gasteiger partial charge on any atom is 0.491 e. The van der Waals surface area contributed by atoms with E-state index >= 15 is 0 Å². The average molecular weight is 550 g/mol. The van der Waals surface area contributed by atoms with Crippen molar-refractivity contribution in [1.29, 1.82) is 0 Å². The number of benzene rings is 2. The highest BCUT2D eigenvalue weighted by Gasteiger charge is 2.42. The quantitative estimate of drug-likeness (QED) is 0.243. The third-order valence-electron chi connectivity index (χ3n) is 5.42. The molecule has 0 spiro atoms. The fourth-order valence-corrected chi connectivity index (χ4v) is 4.06. The van der Waals surface area contributed by atoms with Crippen molar-refractivity contribution in [3.05, 3.63) is 64.9 Å². The van der Waals surface area contributed by atoms with E-state index in [9.17, 15) is 22.8 Å². The van der Waals surface area contributed by atoms with E-state index in [1.54, 1.807) is 31.6 Å². The smallest absolute Gasteiger partial charge is 0.489 e. The first-order valence-corrected chi connectivity index (χ1v) is 12.2. The molecule has 0 saturated heterocycles. The van der Waals surface area contributed by atoms with Crippen LogP contribution in [-0.2, 0) is 27.3 Å². The second-order valence-electron chi connectivity index (χ2n) is 8.84. The first kappa shape index (κ1) is 29.1. The van der Waals surface area contributed by atoms with Crippen molar-refractivity contribution in [2.24, 2.45) is 0 Å². The molecule has 0 radical (unpaired) electrons. The van der Waals surface area contributed by atoms with Crippen LogP contribution in [0.1, 0.15) is 31.9 Å². The molecule has 0 N–H and O–H groups in total. The maximum absolute atomic E-state index is 12.3. The minimum Gasteiger partial charge on any atom is -0.489 e. The van der Waals surface area contributed by atoms with Crippen molar-refractivity contribution in [3.63, 3.8) is 0 Å². The summed E-state index contributed by atoms with van der Waals surface area (Å²) in [7, 11) is 1.55.